The second-order valence-corrected chi connectivity index (χ2v) is 5.13. The van der Waals surface area contributed by atoms with Crippen LogP contribution in [0.1, 0.15) is 18.4 Å². The number of hydrogen-bond donors (Lipinski definition) is 2. The van der Waals surface area contributed by atoms with Gasteiger partial charge in [-0.05, 0) is 48.8 Å². The third-order valence-electron chi connectivity index (χ3n) is 2.60. The smallest absolute Gasteiger partial charge is 0.116 e. The minimum atomic E-state index is 0.317. The van der Waals surface area contributed by atoms with Crippen LogP contribution in [-0.2, 0) is 6.42 Å². The van der Waals surface area contributed by atoms with Gasteiger partial charge >= 0.3 is 0 Å². The summed E-state index contributed by atoms with van der Waals surface area (Å²) in [5.74, 6) is 1.58. The van der Waals surface area contributed by atoms with E-state index in [0.29, 0.717) is 11.0 Å². The van der Waals surface area contributed by atoms with Crippen LogP contribution in [0.25, 0.3) is 0 Å². The van der Waals surface area contributed by atoms with Crippen LogP contribution in [0.15, 0.2) is 18.2 Å². The summed E-state index contributed by atoms with van der Waals surface area (Å²) < 4.78 is 0. The maximum Gasteiger partial charge on any atom is 0.116 e. The van der Waals surface area contributed by atoms with Crippen molar-refractivity contribution in [1.29, 1.82) is 0 Å². The van der Waals surface area contributed by atoms with Crippen LogP contribution in [-0.4, -0.2) is 16.1 Å². The third kappa shape index (κ3) is 2.15. The molecule has 1 aliphatic heterocycles. The number of nitrogen functional groups attached to an aromatic ring is 1. The lowest BCUT2D eigenvalue weighted by atomic mass is 10.0. The summed E-state index contributed by atoms with van der Waals surface area (Å²) >= 11 is 2.01. The van der Waals surface area contributed by atoms with Gasteiger partial charge in [0.2, 0.25) is 0 Å². The van der Waals surface area contributed by atoms with Crippen molar-refractivity contribution < 1.29 is 5.11 Å². The Bertz CT molecular complexity index is 321. The Hall–Kier alpha value is -0.830. The Balaban J connectivity index is 2.10. The van der Waals surface area contributed by atoms with Gasteiger partial charge in [-0.1, -0.05) is 0 Å². The van der Waals surface area contributed by atoms with Gasteiger partial charge < -0.3 is 10.8 Å². The van der Waals surface area contributed by atoms with E-state index in [9.17, 15) is 5.11 Å². The van der Waals surface area contributed by atoms with Crippen LogP contribution >= 0.6 is 11.8 Å². The first-order valence-electron chi connectivity index (χ1n) is 4.94. The number of phenols is 1. The van der Waals surface area contributed by atoms with E-state index in [4.69, 9.17) is 5.73 Å². The zero-order valence-corrected chi connectivity index (χ0v) is 8.89. The fraction of sp³-hybridized carbons (Fsp3) is 0.455. The average molecular weight is 209 g/mol. The molecule has 14 heavy (non-hydrogen) atoms. The lowest BCUT2D eigenvalue weighted by molar-refractivity contribution is 0.474. The molecule has 3 heteroatoms. The van der Waals surface area contributed by atoms with Crippen molar-refractivity contribution in [3.8, 4) is 5.75 Å². The molecule has 0 spiro atoms. The highest BCUT2D eigenvalue weighted by atomic mass is 32.2. The molecule has 0 saturated carbocycles. The number of aromatic hydroxyl groups is 1. The van der Waals surface area contributed by atoms with Gasteiger partial charge in [0.15, 0.2) is 0 Å². The molecule has 1 atom stereocenters. The monoisotopic (exact) mass is 209 g/mol. The number of hydrogen-bond acceptors (Lipinski definition) is 3. The zero-order valence-electron chi connectivity index (χ0n) is 8.07. The molecule has 76 valence electrons. The molecule has 1 unspecified atom stereocenters. The number of anilines is 1. The number of nitrogens with two attached hydrogens (primary N) is 1. The summed E-state index contributed by atoms with van der Waals surface area (Å²) in [5.41, 5.74) is 7.74. The SMILES string of the molecule is Nc1ccc(O)cc1CC1CCCS1. The van der Waals surface area contributed by atoms with E-state index >= 15 is 0 Å². The highest BCUT2D eigenvalue weighted by Gasteiger charge is 2.17. The third-order valence-corrected chi connectivity index (χ3v) is 4.00. The summed E-state index contributed by atoms with van der Waals surface area (Å²) in [6, 6.07) is 5.21. The van der Waals surface area contributed by atoms with E-state index in [1.807, 2.05) is 11.8 Å². The van der Waals surface area contributed by atoms with Crippen molar-refractivity contribution in [2.24, 2.45) is 0 Å². The summed E-state index contributed by atoms with van der Waals surface area (Å²) in [4.78, 5) is 0. The first-order chi connectivity index (χ1) is 6.75. The predicted molar refractivity (Wildman–Crippen MR) is 61.7 cm³/mol. The van der Waals surface area contributed by atoms with E-state index in [-0.39, 0.29) is 0 Å². The van der Waals surface area contributed by atoms with Gasteiger partial charge in [-0.25, -0.2) is 0 Å². The molecule has 1 fully saturated rings. The van der Waals surface area contributed by atoms with Crippen molar-refractivity contribution >= 4 is 17.4 Å². The average Bonchev–Trinajstić information content (AvgIpc) is 2.64. The van der Waals surface area contributed by atoms with E-state index in [1.165, 1.54) is 18.6 Å². The molecule has 1 saturated heterocycles. The largest absolute Gasteiger partial charge is 0.508 e. The maximum atomic E-state index is 9.35. The summed E-state index contributed by atoms with van der Waals surface area (Å²) in [7, 11) is 0. The molecule has 2 nitrogen and oxygen atoms in total. The van der Waals surface area contributed by atoms with Crippen LogP contribution in [0.3, 0.4) is 0 Å². The summed E-state index contributed by atoms with van der Waals surface area (Å²) in [6.45, 7) is 0. The highest BCUT2D eigenvalue weighted by molar-refractivity contribution is 8.00. The highest BCUT2D eigenvalue weighted by Crippen LogP contribution is 2.31. The van der Waals surface area contributed by atoms with Gasteiger partial charge in [-0.3, -0.25) is 0 Å². The minimum Gasteiger partial charge on any atom is -0.508 e. The number of rotatable bonds is 2. The van der Waals surface area contributed by atoms with E-state index < -0.39 is 0 Å². The molecular formula is C11H15NOS. The van der Waals surface area contributed by atoms with E-state index in [2.05, 4.69) is 0 Å². The van der Waals surface area contributed by atoms with E-state index in [1.54, 1.807) is 18.2 Å². The Morgan fingerprint density at radius 2 is 2.36 bits per heavy atom. The number of phenolic OH excluding ortho intramolecular Hbond substituents is 1. The maximum absolute atomic E-state index is 9.35. The molecule has 1 aromatic rings. The van der Waals surface area contributed by atoms with E-state index in [0.717, 1.165) is 17.7 Å². The number of thioether (sulfide) groups is 1. The Labute approximate surface area is 88.5 Å². The molecule has 0 amide bonds. The molecule has 1 heterocycles. The van der Waals surface area contributed by atoms with Gasteiger partial charge in [0.25, 0.3) is 0 Å². The Morgan fingerprint density at radius 3 is 3.07 bits per heavy atom. The second-order valence-electron chi connectivity index (χ2n) is 3.72. The fourth-order valence-corrected chi connectivity index (χ4v) is 3.12. The van der Waals surface area contributed by atoms with Crippen LogP contribution in [0.5, 0.6) is 5.75 Å². The van der Waals surface area contributed by atoms with Crippen molar-refractivity contribution in [3.05, 3.63) is 23.8 Å². The van der Waals surface area contributed by atoms with Gasteiger partial charge in [-0.15, -0.1) is 0 Å². The molecule has 3 N–H and O–H groups in total. The number of benzene rings is 1. The lowest BCUT2D eigenvalue weighted by Crippen LogP contribution is -2.04. The normalized spacial score (nSPS) is 21.3. The standard InChI is InChI=1S/C11H15NOS/c12-11-4-3-9(13)6-8(11)7-10-2-1-5-14-10/h3-4,6,10,13H,1-2,5,7,12H2. The van der Waals surface area contributed by atoms with Gasteiger partial charge in [-0.2, -0.15) is 11.8 Å². The Morgan fingerprint density at radius 1 is 1.50 bits per heavy atom. The molecule has 1 aliphatic rings. The van der Waals surface area contributed by atoms with Crippen LogP contribution in [0, 0.1) is 0 Å². The molecule has 0 aliphatic carbocycles. The zero-order chi connectivity index (χ0) is 9.97. The molecule has 0 aromatic heterocycles. The van der Waals surface area contributed by atoms with Crippen LogP contribution < -0.4 is 5.73 Å². The Kier molecular flexibility index (Phi) is 2.87. The molecule has 1 aromatic carbocycles. The fourth-order valence-electron chi connectivity index (χ4n) is 1.82. The predicted octanol–water partition coefficient (Wildman–Crippen LogP) is 2.41. The van der Waals surface area contributed by atoms with Gasteiger partial charge in [0.1, 0.15) is 5.75 Å². The van der Waals surface area contributed by atoms with Crippen molar-refractivity contribution in [2.45, 2.75) is 24.5 Å². The van der Waals surface area contributed by atoms with Gasteiger partial charge in [0, 0.05) is 10.9 Å². The first kappa shape index (κ1) is 9.71. The van der Waals surface area contributed by atoms with Crippen molar-refractivity contribution in [3.63, 3.8) is 0 Å². The summed E-state index contributed by atoms with van der Waals surface area (Å²) in [6.07, 6.45) is 3.58. The van der Waals surface area contributed by atoms with Gasteiger partial charge in [0.05, 0.1) is 0 Å². The molecule has 2 rings (SSSR count). The van der Waals surface area contributed by atoms with Crippen LogP contribution in [0.4, 0.5) is 5.69 Å². The second kappa shape index (κ2) is 4.13. The van der Waals surface area contributed by atoms with Crippen molar-refractivity contribution in [2.75, 3.05) is 11.5 Å². The quantitative estimate of drug-likeness (QED) is 0.581. The minimum absolute atomic E-state index is 0.317. The molecular weight excluding hydrogens is 194 g/mol. The van der Waals surface area contributed by atoms with Crippen molar-refractivity contribution in [1.82, 2.24) is 0 Å². The molecule has 0 bridgehead atoms. The molecule has 0 radical (unpaired) electrons. The van der Waals surface area contributed by atoms with Crippen LogP contribution in [0.2, 0.25) is 0 Å². The summed E-state index contributed by atoms with van der Waals surface area (Å²) in [5, 5.41) is 10.0. The topological polar surface area (TPSA) is 46.2 Å². The lowest BCUT2D eigenvalue weighted by Gasteiger charge is -2.10. The first-order valence-corrected chi connectivity index (χ1v) is 5.99.